The minimum Gasteiger partial charge on any atom is -0.503 e. The third-order valence-electron chi connectivity index (χ3n) is 3.24. The van der Waals surface area contributed by atoms with Gasteiger partial charge in [-0.3, -0.25) is 4.79 Å². The van der Waals surface area contributed by atoms with Crippen molar-refractivity contribution in [2.45, 2.75) is 6.54 Å². The van der Waals surface area contributed by atoms with Crippen LogP contribution in [-0.4, -0.2) is 18.1 Å². The Bertz CT molecular complexity index is 811. The van der Waals surface area contributed by atoms with Gasteiger partial charge < -0.3 is 15.2 Å². The van der Waals surface area contributed by atoms with Crippen molar-refractivity contribution in [2.75, 3.05) is 7.11 Å². The van der Waals surface area contributed by atoms with E-state index in [1.165, 1.54) is 25.3 Å². The zero-order valence-corrected chi connectivity index (χ0v) is 13.7. The summed E-state index contributed by atoms with van der Waals surface area (Å²) in [5.74, 6) is -0.524. The number of phenols is 1. The average Bonchev–Trinajstić information content (AvgIpc) is 2.61. The molecule has 2 aromatic carbocycles. The normalized spacial score (nSPS) is 10.8. The Morgan fingerprint density at radius 3 is 2.71 bits per heavy atom. The summed E-state index contributed by atoms with van der Waals surface area (Å²) < 4.78 is 5.00. The summed E-state index contributed by atoms with van der Waals surface area (Å²) in [6.45, 7) is 0.318. The van der Waals surface area contributed by atoms with Crippen LogP contribution in [0.3, 0.4) is 0 Å². The van der Waals surface area contributed by atoms with Crippen molar-refractivity contribution in [3.63, 3.8) is 0 Å². The van der Waals surface area contributed by atoms with Crippen molar-refractivity contribution < 1.29 is 14.6 Å². The second-order valence-electron chi connectivity index (χ2n) is 4.89. The predicted octanol–water partition coefficient (Wildman–Crippen LogP) is 3.28. The minimum atomic E-state index is -0.496. The largest absolute Gasteiger partial charge is 0.503 e. The van der Waals surface area contributed by atoms with Gasteiger partial charge in [0.05, 0.1) is 12.1 Å². The number of benzene rings is 2. The van der Waals surface area contributed by atoms with Gasteiger partial charge in [-0.2, -0.15) is 5.26 Å². The lowest BCUT2D eigenvalue weighted by molar-refractivity contribution is -0.117. The third-order valence-corrected chi connectivity index (χ3v) is 3.53. The fourth-order valence-corrected chi connectivity index (χ4v) is 2.24. The van der Waals surface area contributed by atoms with Crippen molar-refractivity contribution >= 4 is 23.6 Å². The molecule has 122 valence electrons. The van der Waals surface area contributed by atoms with E-state index in [1.54, 1.807) is 0 Å². The molecule has 24 heavy (non-hydrogen) atoms. The van der Waals surface area contributed by atoms with Gasteiger partial charge in [-0.1, -0.05) is 41.9 Å². The lowest BCUT2D eigenvalue weighted by atomic mass is 10.1. The second kappa shape index (κ2) is 8.04. The fraction of sp³-hybridized carbons (Fsp3) is 0.111. The quantitative estimate of drug-likeness (QED) is 0.645. The lowest BCUT2D eigenvalue weighted by Gasteiger charge is -2.07. The van der Waals surface area contributed by atoms with Crippen molar-refractivity contribution in [3.8, 4) is 17.6 Å². The molecule has 0 fully saturated rings. The first-order chi connectivity index (χ1) is 11.5. The van der Waals surface area contributed by atoms with E-state index in [9.17, 15) is 15.2 Å². The first kappa shape index (κ1) is 17.4. The summed E-state index contributed by atoms with van der Waals surface area (Å²) in [6.07, 6.45) is 1.38. The highest BCUT2D eigenvalue weighted by Crippen LogP contribution is 2.35. The van der Waals surface area contributed by atoms with E-state index in [0.29, 0.717) is 12.1 Å². The Morgan fingerprint density at radius 1 is 1.38 bits per heavy atom. The van der Waals surface area contributed by atoms with Crippen LogP contribution in [0.4, 0.5) is 0 Å². The molecule has 0 spiro atoms. The van der Waals surface area contributed by atoms with Crippen LogP contribution in [0.2, 0.25) is 5.02 Å². The summed E-state index contributed by atoms with van der Waals surface area (Å²) in [5, 5.41) is 21.7. The number of carbonyl (C=O) groups is 1. The number of nitrogens with zero attached hydrogens (tertiary/aromatic N) is 1. The SMILES string of the molecule is COc1cc(C=C(C#N)C(=O)NCc2ccccc2)cc(Cl)c1O. The van der Waals surface area contributed by atoms with Crippen molar-refractivity contribution in [2.24, 2.45) is 0 Å². The van der Waals surface area contributed by atoms with Gasteiger partial charge in [-0.15, -0.1) is 0 Å². The van der Waals surface area contributed by atoms with Gasteiger partial charge >= 0.3 is 0 Å². The molecule has 0 unspecified atom stereocenters. The number of ether oxygens (including phenoxy) is 1. The molecule has 2 rings (SSSR count). The number of halogens is 1. The smallest absolute Gasteiger partial charge is 0.262 e. The van der Waals surface area contributed by atoms with Gasteiger partial charge in [-0.05, 0) is 29.3 Å². The van der Waals surface area contributed by atoms with E-state index in [-0.39, 0.29) is 22.1 Å². The van der Waals surface area contributed by atoms with Gasteiger partial charge in [0.25, 0.3) is 5.91 Å². The molecule has 0 aliphatic heterocycles. The highest BCUT2D eigenvalue weighted by Gasteiger charge is 2.12. The maximum Gasteiger partial charge on any atom is 0.262 e. The molecule has 0 aliphatic rings. The molecule has 5 nitrogen and oxygen atoms in total. The van der Waals surface area contributed by atoms with Crippen LogP contribution in [0.1, 0.15) is 11.1 Å². The Balaban J connectivity index is 2.18. The predicted molar refractivity (Wildman–Crippen MR) is 91.5 cm³/mol. The molecule has 1 amide bonds. The highest BCUT2D eigenvalue weighted by atomic mass is 35.5. The topological polar surface area (TPSA) is 82.3 Å². The van der Waals surface area contributed by atoms with Crippen LogP contribution in [0.5, 0.6) is 11.5 Å². The Morgan fingerprint density at radius 2 is 2.08 bits per heavy atom. The molecular formula is C18H15ClN2O3. The molecule has 0 bridgehead atoms. The number of carbonyl (C=O) groups excluding carboxylic acids is 1. The summed E-state index contributed by atoms with van der Waals surface area (Å²) >= 11 is 5.90. The molecule has 0 aliphatic carbocycles. The second-order valence-corrected chi connectivity index (χ2v) is 5.30. The molecule has 2 aromatic rings. The maximum absolute atomic E-state index is 12.1. The van der Waals surface area contributed by atoms with Crippen molar-refractivity contribution in [1.82, 2.24) is 5.32 Å². The van der Waals surface area contributed by atoms with Gasteiger partial charge in [0.15, 0.2) is 11.5 Å². The first-order valence-corrected chi connectivity index (χ1v) is 7.43. The number of aromatic hydroxyl groups is 1. The van der Waals surface area contributed by atoms with Gasteiger partial charge in [0, 0.05) is 6.54 Å². The van der Waals surface area contributed by atoms with Crippen LogP contribution in [0, 0.1) is 11.3 Å². The molecule has 2 N–H and O–H groups in total. The number of phenolic OH excluding ortho intramolecular Hbond substituents is 1. The van der Waals surface area contributed by atoms with Crippen molar-refractivity contribution in [3.05, 3.63) is 64.2 Å². The zero-order valence-electron chi connectivity index (χ0n) is 12.9. The van der Waals surface area contributed by atoms with E-state index < -0.39 is 5.91 Å². The van der Waals surface area contributed by atoms with Crippen LogP contribution >= 0.6 is 11.6 Å². The number of nitrogens with one attached hydrogen (secondary N) is 1. The molecule has 0 saturated carbocycles. The van der Waals surface area contributed by atoms with Crippen LogP contribution in [0.15, 0.2) is 48.0 Å². The van der Waals surface area contributed by atoms with E-state index in [4.69, 9.17) is 16.3 Å². The number of methoxy groups -OCH3 is 1. The summed E-state index contributed by atoms with van der Waals surface area (Å²) in [6, 6.07) is 14.2. The minimum absolute atomic E-state index is 0.0718. The summed E-state index contributed by atoms with van der Waals surface area (Å²) in [5.41, 5.74) is 1.33. The summed E-state index contributed by atoms with van der Waals surface area (Å²) in [7, 11) is 1.39. The number of hydrogen-bond acceptors (Lipinski definition) is 4. The number of nitriles is 1. The van der Waals surface area contributed by atoms with Crippen LogP contribution in [0.25, 0.3) is 6.08 Å². The molecule has 0 atom stereocenters. The van der Waals surface area contributed by atoms with E-state index in [1.807, 2.05) is 36.4 Å². The lowest BCUT2D eigenvalue weighted by Crippen LogP contribution is -2.23. The van der Waals surface area contributed by atoms with E-state index in [0.717, 1.165) is 5.56 Å². The first-order valence-electron chi connectivity index (χ1n) is 7.05. The molecule has 6 heteroatoms. The van der Waals surface area contributed by atoms with Crippen molar-refractivity contribution in [1.29, 1.82) is 5.26 Å². The zero-order chi connectivity index (χ0) is 17.5. The number of rotatable bonds is 5. The Labute approximate surface area is 144 Å². The standard InChI is InChI=1S/C18H15ClN2O3/c1-24-16-9-13(8-15(19)17(16)22)7-14(10-20)18(23)21-11-12-5-3-2-4-6-12/h2-9,22H,11H2,1H3,(H,21,23). The van der Waals surface area contributed by atoms with Crippen LogP contribution < -0.4 is 10.1 Å². The van der Waals surface area contributed by atoms with E-state index >= 15 is 0 Å². The third kappa shape index (κ3) is 4.28. The molecule has 0 aromatic heterocycles. The maximum atomic E-state index is 12.1. The Hall–Kier alpha value is -2.97. The Kier molecular flexibility index (Phi) is 5.83. The fourth-order valence-electron chi connectivity index (χ4n) is 2.02. The number of amides is 1. The average molecular weight is 343 g/mol. The highest BCUT2D eigenvalue weighted by molar-refractivity contribution is 6.32. The molecule has 0 saturated heterocycles. The van der Waals surface area contributed by atoms with Gasteiger partial charge in [0.2, 0.25) is 0 Å². The molecule has 0 heterocycles. The monoisotopic (exact) mass is 342 g/mol. The van der Waals surface area contributed by atoms with Gasteiger partial charge in [-0.25, -0.2) is 0 Å². The molecular weight excluding hydrogens is 328 g/mol. The van der Waals surface area contributed by atoms with E-state index in [2.05, 4.69) is 5.32 Å². The van der Waals surface area contributed by atoms with Crippen LogP contribution in [-0.2, 0) is 11.3 Å². The number of hydrogen-bond donors (Lipinski definition) is 2. The van der Waals surface area contributed by atoms with Gasteiger partial charge in [0.1, 0.15) is 11.6 Å². The molecule has 0 radical (unpaired) electrons. The summed E-state index contributed by atoms with van der Waals surface area (Å²) in [4.78, 5) is 12.1.